The van der Waals surface area contributed by atoms with Crippen LogP contribution in [-0.4, -0.2) is 19.4 Å². The van der Waals surface area contributed by atoms with Crippen LogP contribution in [0.3, 0.4) is 0 Å². The Bertz CT molecular complexity index is 671. The van der Waals surface area contributed by atoms with Gasteiger partial charge in [-0.3, -0.25) is 5.32 Å². The fourth-order valence-electron chi connectivity index (χ4n) is 1.80. The van der Waals surface area contributed by atoms with Crippen molar-refractivity contribution in [3.63, 3.8) is 0 Å². The van der Waals surface area contributed by atoms with Crippen molar-refractivity contribution in [3.8, 4) is 0 Å². The molecule has 0 saturated heterocycles. The number of aromatic nitrogens is 1. The summed E-state index contributed by atoms with van der Waals surface area (Å²) in [7, 11) is 0. The summed E-state index contributed by atoms with van der Waals surface area (Å²) in [4.78, 5) is 14.2. The van der Waals surface area contributed by atoms with E-state index in [4.69, 9.17) is 5.73 Å². The predicted molar refractivity (Wildman–Crippen MR) is 82.1 cm³/mol. The van der Waals surface area contributed by atoms with Gasteiger partial charge in [0.25, 0.3) is 0 Å². The topological polar surface area (TPSA) is 90.5 Å². The van der Waals surface area contributed by atoms with Gasteiger partial charge in [0.2, 0.25) is 11.6 Å². The summed E-state index contributed by atoms with van der Waals surface area (Å²) in [5, 5.41) is 5.48. The van der Waals surface area contributed by atoms with Crippen molar-refractivity contribution in [2.45, 2.75) is 6.54 Å². The SMILES string of the molecule is Nc1[nH+]c(NCc2ccc(F)cc2)ccc1NC(=O)OCCF.[Cl-]. The number of carbonyl (C=O) groups excluding carboxylic acids is 1. The number of ether oxygens (including phenoxy) is 1. The molecule has 0 aliphatic rings. The minimum Gasteiger partial charge on any atom is -1.00 e. The van der Waals surface area contributed by atoms with Crippen LogP contribution in [0.2, 0.25) is 0 Å². The summed E-state index contributed by atoms with van der Waals surface area (Å²) in [5.74, 6) is 0.542. The van der Waals surface area contributed by atoms with E-state index in [1.165, 1.54) is 12.1 Å². The molecule has 0 unspecified atom stereocenters. The highest BCUT2D eigenvalue weighted by Gasteiger charge is 2.11. The average Bonchev–Trinajstić information content (AvgIpc) is 2.54. The van der Waals surface area contributed by atoms with Crippen molar-refractivity contribution < 1.29 is 35.7 Å². The first-order valence-electron chi connectivity index (χ1n) is 6.88. The number of amides is 1. The molecule has 2 rings (SSSR count). The largest absolute Gasteiger partial charge is 1.00 e. The van der Waals surface area contributed by atoms with Gasteiger partial charge in [0.1, 0.15) is 24.8 Å². The smallest absolute Gasteiger partial charge is 0.411 e. The number of hydrogen-bond acceptors (Lipinski definition) is 4. The van der Waals surface area contributed by atoms with E-state index in [-0.39, 0.29) is 30.6 Å². The third kappa shape index (κ3) is 5.88. The Hall–Kier alpha value is -2.61. The van der Waals surface area contributed by atoms with Crippen molar-refractivity contribution in [1.29, 1.82) is 0 Å². The Morgan fingerprint density at radius 2 is 1.92 bits per heavy atom. The number of alkyl halides is 1. The van der Waals surface area contributed by atoms with Gasteiger partial charge in [-0.1, -0.05) is 12.1 Å². The van der Waals surface area contributed by atoms with Crippen molar-refractivity contribution in [1.82, 2.24) is 0 Å². The fraction of sp³-hybridized carbons (Fsp3) is 0.200. The normalized spacial score (nSPS) is 9.75. The van der Waals surface area contributed by atoms with Gasteiger partial charge in [0.15, 0.2) is 0 Å². The van der Waals surface area contributed by atoms with E-state index < -0.39 is 12.8 Å². The van der Waals surface area contributed by atoms with Crippen LogP contribution >= 0.6 is 0 Å². The van der Waals surface area contributed by atoms with Crippen molar-refractivity contribution in [2.75, 3.05) is 29.6 Å². The highest BCUT2D eigenvalue weighted by molar-refractivity contribution is 5.87. The van der Waals surface area contributed by atoms with E-state index in [1.54, 1.807) is 24.3 Å². The first-order valence-corrected chi connectivity index (χ1v) is 6.88. The molecule has 0 saturated carbocycles. The molecule has 1 aromatic heterocycles. The first kappa shape index (κ1) is 19.4. The second kappa shape index (κ2) is 9.51. The standard InChI is InChI=1S/C15H16F2N4O2.ClH/c16-7-8-23-15(22)20-12-5-6-13(21-14(12)18)19-9-10-1-3-11(17)4-2-10;/h1-6H,7-9H2,(H,20,22)(H3,18,19,21);1H. The van der Waals surface area contributed by atoms with Crippen LogP contribution in [0, 0.1) is 5.82 Å². The molecule has 6 nitrogen and oxygen atoms in total. The maximum absolute atomic E-state index is 12.8. The number of H-pyrrole nitrogens is 1. The summed E-state index contributed by atoms with van der Waals surface area (Å²) >= 11 is 0. The maximum atomic E-state index is 12.8. The zero-order valence-corrected chi connectivity index (χ0v) is 13.4. The van der Waals surface area contributed by atoms with Crippen molar-refractivity contribution in [3.05, 3.63) is 47.8 Å². The first-order chi connectivity index (χ1) is 11.1. The number of benzene rings is 1. The van der Waals surface area contributed by atoms with Gasteiger partial charge >= 0.3 is 6.09 Å². The molecule has 0 fully saturated rings. The van der Waals surface area contributed by atoms with Crippen LogP contribution in [0.25, 0.3) is 0 Å². The van der Waals surface area contributed by atoms with Crippen molar-refractivity contribution >= 4 is 23.4 Å². The van der Waals surface area contributed by atoms with Crippen LogP contribution in [0.1, 0.15) is 5.56 Å². The number of aromatic amines is 1. The molecule has 5 N–H and O–H groups in total. The van der Waals surface area contributed by atoms with Crippen LogP contribution in [0.4, 0.5) is 30.9 Å². The molecule has 0 atom stereocenters. The van der Waals surface area contributed by atoms with Crippen LogP contribution < -0.4 is 33.8 Å². The lowest BCUT2D eigenvalue weighted by molar-refractivity contribution is -0.342. The van der Waals surface area contributed by atoms with Gasteiger partial charge in [-0.15, -0.1) is 0 Å². The van der Waals surface area contributed by atoms with E-state index in [2.05, 4.69) is 20.4 Å². The highest BCUT2D eigenvalue weighted by Crippen LogP contribution is 2.15. The summed E-state index contributed by atoms with van der Waals surface area (Å²) in [6.07, 6.45) is -0.783. The molecule has 0 spiro atoms. The summed E-state index contributed by atoms with van der Waals surface area (Å²) < 4.78 is 29.3. The third-order valence-corrected chi connectivity index (χ3v) is 2.92. The van der Waals surface area contributed by atoms with Gasteiger partial charge in [0, 0.05) is 6.07 Å². The molecule has 130 valence electrons. The lowest BCUT2D eigenvalue weighted by atomic mass is 10.2. The van der Waals surface area contributed by atoms with E-state index in [0.29, 0.717) is 18.1 Å². The Morgan fingerprint density at radius 1 is 1.21 bits per heavy atom. The number of nitrogens with two attached hydrogens (primary N) is 1. The van der Waals surface area contributed by atoms with Gasteiger partial charge < -0.3 is 28.2 Å². The molecular weight excluding hydrogens is 342 g/mol. The molecule has 2 aromatic rings. The number of nitrogens with one attached hydrogen (secondary N) is 3. The zero-order chi connectivity index (χ0) is 16.7. The molecule has 1 heterocycles. The summed E-state index contributed by atoms with van der Waals surface area (Å²) in [6, 6.07) is 9.35. The Kier molecular flexibility index (Phi) is 7.70. The molecule has 0 aliphatic heterocycles. The summed E-state index contributed by atoms with van der Waals surface area (Å²) in [5.41, 5.74) is 7.02. The Morgan fingerprint density at radius 3 is 2.54 bits per heavy atom. The Labute approximate surface area is 143 Å². The maximum Gasteiger partial charge on any atom is 0.411 e. The number of anilines is 3. The van der Waals surface area contributed by atoms with Gasteiger partial charge in [-0.05, 0) is 23.8 Å². The monoisotopic (exact) mass is 358 g/mol. The van der Waals surface area contributed by atoms with Crippen LogP contribution in [0.5, 0.6) is 0 Å². The lowest BCUT2D eigenvalue weighted by Gasteiger charge is -2.07. The number of carbonyl (C=O) groups is 1. The minimum absolute atomic E-state index is 0. The number of rotatable bonds is 6. The molecule has 1 aromatic carbocycles. The summed E-state index contributed by atoms with van der Waals surface area (Å²) in [6.45, 7) is -0.588. The number of nitrogen functional groups attached to an aromatic ring is 1. The molecule has 0 aliphatic carbocycles. The van der Waals surface area contributed by atoms with Gasteiger partial charge in [-0.25, -0.2) is 18.6 Å². The van der Waals surface area contributed by atoms with E-state index in [9.17, 15) is 13.6 Å². The molecular formula is C15H17ClF2N4O2. The molecule has 0 radical (unpaired) electrons. The minimum atomic E-state index is -0.783. The van der Waals surface area contributed by atoms with Gasteiger partial charge in [0.05, 0.1) is 6.54 Å². The van der Waals surface area contributed by atoms with E-state index >= 15 is 0 Å². The highest BCUT2D eigenvalue weighted by atomic mass is 35.5. The zero-order valence-electron chi connectivity index (χ0n) is 12.6. The quantitative estimate of drug-likeness (QED) is 0.640. The lowest BCUT2D eigenvalue weighted by Crippen LogP contribution is -3.00. The number of hydrogen-bond donors (Lipinski definition) is 3. The average molecular weight is 359 g/mol. The fourth-order valence-corrected chi connectivity index (χ4v) is 1.80. The molecule has 9 heteroatoms. The molecule has 1 amide bonds. The second-order valence-electron chi connectivity index (χ2n) is 4.63. The second-order valence-corrected chi connectivity index (χ2v) is 4.63. The molecule has 24 heavy (non-hydrogen) atoms. The number of halogens is 3. The predicted octanol–water partition coefficient (Wildman–Crippen LogP) is -0.644. The Balaban J connectivity index is 0.00000288. The van der Waals surface area contributed by atoms with Crippen molar-refractivity contribution in [2.24, 2.45) is 0 Å². The van der Waals surface area contributed by atoms with Gasteiger partial charge in [-0.2, -0.15) is 0 Å². The van der Waals surface area contributed by atoms with E-state index in [0.717, 1.165) is 5.56 Å². The molecule has 0 bridgehead atoms. The number of pyridine rings is 1. The van der Waals surface area contributed by atoms with Crippen LogP contribution in [0.15, 0.2) is 36.4 Å². The third-order valence-electron chi connectivity index (χ3n) is 2.92. The van der Waals surface area contributed by atoms with Crippen LogP contribution in [-0.2, 0) is 11.3 Å². The van der Waals surface area contributed by atoms with E-state index in [1.807, 2.05) is 0 Å².